The molecule has 1 unspecified atom stereocenters. The molecule has 5 nitrogen and oxygen atoms in total. The van der Waals surface area contributed by atoms with E-state index in [1.54, 1.807) is 27.7 Å². The average molecular weight is 346 g/mol. The van der Waals surface area contributed by atoms with E-state index in [1.807, 2.05) is 11.0 Å². The summed E-state index contributed by atoms with van der Waals surface area (Å²) >= 11 is 0. The molecule has 1 atom stereocenters. The van der Waals surface area contributed by atoms with Gasteiger partial charge in [-0.05, 0) is 58.4 Å². The van der Waals surface area contributed by atoms with E-state index in [0.29, 0.717) is 5.92 Å². The molecule has 1 aliphatic heterocycles. The van der Waals surface area contributed by atoms with E-state index >= 15 is 0 Å². The number of nitrogens with one attached hydrogen (secondary N) is 1. The van der Waals surface area contributed by atoms with Crippen molar-refractivity contribution in [3.05, 3.63) is 35.9 Å². The van der Waals surface area contributed by atoms with Crippen molar-refractivity contribution >= 4 is 12.0 Å². The van der Waals surface area contributed by atoms with E-state index in [1.165, 1.54) is 5.56 Å². The predicted molar refractivity (Wildman–Crippen MR) is 98.3 cm³/mol. The molecule has 0 spiro atoms. The standard InChI is InChI=1S/C20H30N2O3/c1-15(21-19(24)25-20(2,3)4)18(23)22-12-10-17(11-13-22)14-16-8-6-5-7-9-16/h5-9,15,17H,10-14H2,1-4H3,(H,21,24). The lowest BCUT2D eigenvalue weighted by Gasteiger charge is -2.34. The summed E-state index contributed by atoms with van der Waals surface area (Å²) in [5, 5.41) is 2.63. The fraction of sp³-hybridized carbons (Fsp3) is 0.600. The monoisotopic (exact) mass is 346 g/mol. The minimum absolute atomic E-state index is 0.0379. The highest BCUT2D eigenvalue weighted by molar-refractivity contribution is 5.85. The summed E-state index contributed by atoms with van der Waals surface area (Å²) in [5.74, 6) is 0.574. The number of alkyl carbamates (subject to hydrolysis) is 1. The molecule has 0 aromatic heterocycles. The second-order valence-corrected chi connectivity index (χ2v) is 7.83. The zero-order valence-electron chi connectivity index (χ0n) is 15.7. The molecule has 0 aliphatic carbocycles. The highest BCUT2D eigenvalue weighted by Gasteiger charge is 2.28. The van der Waals surface area contributed by atoms with Crippen molar-refractivity contribution in [3.63, 3.8) is 0 Å². The average Bonchev–Trinajstić information content (AvgIpc) is 2.54. The highest BCUT2D eigenvalue weighted by atomic mass is 16.6. The first-order chi connectivity index (χ1) is 11.7. The van der Waals surface area contributed by atoms with Crippen LogP contribution in [-0.4, -0.2) is 41.6 Å². The molecule has 1 aromatic rings. The summed E-state index contributed by atoms with van der Waals surface area (Å²) in [6, 6.07) is 9.91. The number of rotatable bonds is 4. The largest absolute Gasteiger partial charge is 0.444 e. The third-order valence-corrected chi connectivity index (χ3v) is 4.40. The van der Waals surface area contributed by atoms with Crippen molar-refractivity contribution in [2.45, 2.75) is 58.6 Å². The molecule has 5 heteroatoms. The summed E-state index contributed by atoms with van der Waals surface area (Å²) < 4.78 is 5.21. The Kier molecular flexibility index (Phi) is 6.45. The Bertz CT molecular complexity index is 572. The molecule has 2 amide bonds. The minimum Gasteiger partial charge on any atom is -0.444 e. The molecule has 1 aromatic carbocycles. The highest BCUT2D eigenvalue weighted by Crippen LogP contribution is 2.22. The van der Waals surface area contributed by atoms with Gasteiger partial charge in [-0.2, -0.15) is 0 Å². The van der Waals surface area contributed by atoms with Crippen LogP contribution in [-0.2, 0) is 16.0 Å². The van der Waals surface area contributed by atoms with Crippen molar-refractivity contribution in [1.29, 1.82) is 0 Å². The van der Waals surface area contributed by atoms with Crippen LogP contribution in [0.15, 0.2) is 30.3 Å². The van der Waals surface area contributed by atoms with E-state index in [0.717, 1.165) is 32.4 Å². The SMILES string of the molecule is CC(NC(=O)OC(C)(C)C)C(=O)N1CCC(Cc2ccccc2)CC1. The first-order valence-electron chi connectivity index (χ1n) is 9.07. The van der Waals surface area contributed by atoms with Gasteiger partial charge >= 0.3 is 6.09 Å². The maximum Gasteiger partial charge on any atom is 0.408 e. The van der Waals surface area contributed by atoms with Gasteiger partial charge in [0.05, 0.1) is 0 Å². The second kappa shape index (κ2) is 8.37. The number of carbonyl (C=O) groups excluding carboxylic acids is 2. The van der Waals surface area contributed by atoms with Crippen molar-refractivity contribution in [3.8, 4) is 0 Å². The summed E-state index contributed by atoms with van der Waals surface area (Å²) in [6.45, 7) is 8.61. The molecule has 1 saturated heterocycles. The van der Waals surface area contributed by atoms with Crippen molar-refractivity contribution in [2.75, 3.05) is 13.1 Å². The number of benzene rings is 1. The molecule has 0 saturated carbocycles. The Hall–Kier alpha value is -2.04. The third kappa shape index (κ3) is 6.40. The zero-order chi connectivity index (χ0) is 18.4. The van der Waals surface area contributed by atoms with E-state index in [4.69, 9.17) is 4.74 Å². The van der Waals surface area contributed by atoms with Crippen molar-refractivity contribution in [1.82, 2.24) is 10.2 Å². The Labute approximate surface area is 150 Å². The quantitative estimate of drug-likeness (QED) is 0.909. The third-order valence-electron chi connectivity index (χ3n) is 4.40. The molecular weight excluding hydrogens is 316 g/mol. The summed E-state index contributed by atoms with van der Waals surface area (Å²) in [4.78, 5) is 26.2. The van der Waals surface area contributed by atoms with Crippen LogP contribution in [0.5, 0.6) is 0 Å². The van der Waals surface area contributed by atoms with Gasteiger partial charge in [0.25, 0.3) is 0 Å². The maximum atomic E-state index is 12.5. The smallest absolute Gasteiger partial charge is 0.408 e. The van der Waals surface area contributed by atoms with Crippen LogP contribution in [0.1, 0.15) is 46.1 Å². The zero-order valence-corrected chi connectivity index (χ0v) is 15.7. The van der Waals surface area contributed by atoms with E-state index in [-0.39, 0.29) is 5.91 Å². The summed E-state index contributed by atoms with van der Waals surface area (Å²) in [6.07, 6.45) is 2.51. The molecule has 0 bridgehead atoms. The number of ether oxygens (including phenoxy) is 1. The van der Waals surface area contributed by atoms with Gasteiger partial charge < -0.3 is 15.0 Å². The number of amides is 2. The fourth-order valence-electron chi connectivity index (χ4n) is 3.12. The predicted octanol–water partition coefficient (Wildman–Crippen LogP) is 3.38. The van der Waals surface area contributed by atoms with Crippen molar-refractivity contribution < 1.29 is 14.3 Å². The van der Waals surface area contributed by atoms with Gasteiger partial charge in [-0.1, -0.05) is 30.3 Å². The van der Waals surface area contributed by atoms with Crippen LogP contribution in [0.25, 0.3) is 0 Å². The van der Waals surface area contributed by atoms with Gasteiger partial charge in [0, 0.05) is 13.1 Å². The molecule has 138 valence electrons. The molecule has 1 fully saturated rings. The Morgan fingerprint density at radius 1 is 1.20 bits per heavy atom. The number of likely N-dealkylation sites (tertiary alicyclic amines) is 1. The summed E-state index contributed by atoms with van der Waals surface area (Å²) in [7, 11) is 0. The number of hydrogen-bond acceptors (Lipinski definition) is 3. The van der Waals surface area contributed by atoms with Crippen LogP contribution < -0.4 is 5.32 Å². The number of piperidine rings is 1. The van der Waals surface area contributed by atoms with Gasteiger partial charge in [0.1, 0.15) is 11.6 Å². The van der Waals surface area contributed by atoms with E-state index < -0.39 is 17.7 Å². The van der Waals surface area contributed by atoms with Crippen LogP contribution in [0.3, 0.4) is 0 Å². The Balaban J connectivity index is 1.77. The number of nitrogens with zero attached hydrogens (tertiary/aromatic N) is 1. The van der Waals surface area contributed by atoms with Crippen molar-refractivity contribution in [2.24, 2.45) is 5.92 Å². The molecule has 25 heavy (non-hydrogen) atoms. The number of carbonyl (C=O) groups is 2. The lowest BCUT2D eigenvalue weighted by Crippen LogP contribution is -2.50. The molecule has 1 aliphatic rings. The van der Waals surface area contributed by atoms with Gasteiger partial charge in [-0.15, -0.1) is 0 Å². The molecule has 2 rings (SSSR count). The van der Waals surface area contributed by atoms with E-state index in [9.17, 15) is 9.59 Å². The maximum absolute atomic E-state index is 12.5. The van der Waals surface area contributed by atoms with Gasteiger partial charge in [0.15, 0.2) is 0 Å². The van der Waals surface area contributed by atoms with Gasteiger partial charge in [-0.3, -0.25) is 4.79 Å². The second-order valence-electron chi connectivity index (χ2n) is 7.83. The number of hydrogen-bond donors (Lipinski definition) is 1. The Morgan fingerprint density at radius 3 is 2.36 bits per heavy atom. The van der Waals surface area contributed by atoms with Crippen LogP contribution in [0, 0.1) is 5.92 Å². The molecular formula is C20H30N2O3. The normalized spacial score (nSPS) is 17.0. The summed E-state index contributed by atoms with van der Waals surface area (Å²) in [5.41, 5.74) is 0.787. The fourth-order valence-corrected chi connectivity index (χ4v) is 3.12. The first-order valence-corrected chi connectivity index (χ1v) is 9.07. The Morgan fingerprint density at radius 2 is 1.80 bits per heavy atom. The lowest BCUT2D eigenvalue weighted by molar-refractivity contribution is -0.134. The van der Waals surface area contributed by atoms with Crippen LogP contribution in [0.2, 0.25) is 0 Å². The van der Waals surface area contributed by atoms with Gasteiger partial charge in [-0.25, -0.2) is 4.79 Å². The molecule has 0 radical (unpaired) electrons. The van der Waals surface area contributed by atoms with Crippen LogP contribution in [0.4, 0.5) is 4.79 Å². The first kappa shape index (κ1) is 19.3. The van der Waals surface area contributed by atoms with Crippen LogP contribution >= 0.6 is 0 Å². The van der Waals surface area contributed by atoms with E-state index in [2.05, 4.69) is 29.6 Å². The molecule has 1 N–H and O–H groups in total. The topological polar surface area (TPSA) is 58.6 Å². The lowest BCUT2D eigenvalue weighted by atomic mass is 9.90. The van der Waals surface area contributed by atoms with Gasteiger partial charge in [0.2, 0.25) is 5.91 Å². The molecule has 1 heterocycles. The minimum atomic E-state index is -0.569.